The van der Waals surface area contributed by atoms with Gasteiger partial charge in [0.1, 0.15) is 4.90 Å². The van der Waals surface area contributed by atoms with Crippen molar-refractivity contribution in [1.82, 2.24) is 9.29 Å². The van der Waals surface area contributed by atoms with E-state index >= 15 is 0 Å². The van der Waals surface area contributed by atoms with E-state index in [0.29, 0.717) is 37.2 Å². The molecule has 0 N–H and O–H groups in total. The molecule has 0 bridgehead atoms. The largest absolute Gasteiger partial charge is 0.369 e. The van der Waals surface area contributed by atoms with Crippen LogP contribution in [0.5, 0.6) is 0 Å². The molecule has 11 heteroatoms. The first-order valence-corrected chi connectivity index (χ1v) is 13.1. The highest BCUT2D eigenvalue weighted by molar-refractivity contribution is 9.09. The minimum atomic E-state index is -4.03. The van der Waals surface area contributed by atoms with Crippen molar-refractivity contribution >= 4 is 43.0 Å². The lowest BCUT2D eigenvalue weighted by atomic mass is 10.1. The van der Waals surface area contributed by atoms with Crippen LogP contribution >= 0.6 is 15.9 Å². The summed E-state index contributed by atoms with van der Waals surface area (Å²) in [6.07, 6.45) is 9.88. The molecular formula is C22H26BrN5O4S. The van der Waals surface area contributed by atoms with Crippen LogP contribution in [0.15, 0.2) is 41.6 Å². The Morgan fingerprint density at radius 3 is 2.55 bits per heavy atom. The van der Waals surface area contributed by atoms with E-state index in [9.17, 15) is 18.5 Å². The molecule has 9 nitrogen and oxygen atoms in total. The number of halogens is 1. The third-order valence-corrected chi connectivity index (χ3v) is 7.72. The molecule has 2 heterocycles. The van der Waals surface area contributed by atoms with E-state index in [1.54, 1.807) is 12.4 Å². The first-order valence-electron chi connectivity index (χ1n) is 10.6. The van der Waals surface area contributed by atoms with Gasteiger partial charge in [0.05, 0.1) is 28.1 Å². The molecule has 0 amide bonds. The van der Waals surface area contributed by atoms with Gasteiger partial charge in [-0.3, -0.25) is 15.1 Å². The van der Waals surface area contributed by atoms with E-state index < -0.39 is 14.9 Å². The van der Waals surface area contributed by atoms with Crippen LogP contribution in [0, 0.1) is 22.5 Å². The first kappa shape index (κ1) is 25.0. The van der Waals surface area contributed by atoms with Crippen LogP contribution in [0.25, 0.3) is 0 Å². The molecule has 1 aliphatic rings. The van der Waals surface area contributed by atoms with E-state index in [1.165, 1.54) is 10.4 Å². The third-order valence-electron chi connectivity index (χ3n) is 5.46. The van der Waals surface area contributed by atoms with Crippen LogP contribution in [0.2, 0.25) is 0 Å². The second kappa shape index (κ2) is 11.0. The number of aromatic nitrogens is 1. The summed E-state index contributed by atoms with van der Waals surface area (Å²) in [6, 6.07) is 6.17. The van der Waals surface area contributed by atoms with Crippen molar-refractivity contribution in [3.8, 4) is 12.3 Å². The van der Waals surface area contributed by atoms with Crippen molar-refractivity contribution in [3.05, 3.63) is 52.3 Å². The van der Waals surface area contributed by atoms with Crippen molar-refractivity contribution < 1.29 is 13.3 Å². The predicted octanol–water partition coefficient (Wildman–Crippen LogP) is 3.09. The van der Waals surface area contributed by atoms with Crippen LogP contribution in [0.1, 0.15) is 18.9 Å². The Bertz CT molecular complexity index is 1120. The SMILES string of the molecule is C#Cc1cc([N+](=O)[O-])cc(S(=O)(=O)N2CCN(c3cccnc3)CC2)c1N(CCC)CCBr. The quantitative estimate of drug-likeness (QED) is 0.210. The van der Waals surface area contributed by atoms with Crippen molar-refractivity contribution in [1.29, 1.82) is 0 Å². The molecule has 1 aromatic carbocycles. The molecule has 0 spiro atoms. The summed E-state index contributed by atoms with van der Waals surface area (Å²) in [5, 5.41) is 12.1. The van der Waals surface area contributed by atoms with Crippen LogP contribution in [-0.2, 0) is 10.0 Å². The minimum absolute atomic E-state index is 0.117. The number of hydrogen-bond acceptors (Lipinski definition) is 7. The second-order valence-corrected chi connectivity index (χ2v) is 10.2. The zero-order valence-corrected chi connectivity index (χ0v) is 20.8. The van der Waals surface area contributed by atoms with Gasteiger partial charge in [-0.25, -0.2) is 8.42 Å². The summed E-state index contributed by atoms with van der Waals surface area (Å²) < 4.78 is 28.9. The third kappa shape index (κ3) is 5.46. The number of terminal acetylenes is 1. The Morgan fingerprint density at radius 2 is 2.00 bits per heavy atom. The number of anilines is 2. The Labute approximate surface area is 202 Å². The highest BCUT2D eigenvalue weighted by Gasteiger charge is 2.34. The zero-order chi connectivity index (χ0) is 24.0. The van der Waals surface area contributed by atoms with E-state index in [4.69, 9.17) is 6.42 Å². The van der Waals surface area contributed by atoms with E-state index in [1.807, 2.05) is 24.0 Å². The van der Waals surface area contributed by atoms with Crippen LogP contribution < -0.4 is 9.80 Å². The van der Waals surface area contributed by atoms with Gasteiger partial charge >= 0.3 is 0 Å². The molecule has 0 saturated carbocycles. The predicted molar refractivity (Wildman–Crippen MR) is 133 cm³/mol. The highest BCUT2D eigenvalue weighted by atomic mass is 79.9. The number of nitro groups is 1. The summed E-state index contributed by atoms with van der Waals surface area (Å²) in [5.41, 5.74) is 1.13. The normalized spacial score (nSPS) is 14.6. The van der Waals surface area contributed by atoms with Gasteiger partial charge in [0.25, 0.3) is 5.69 Å². The number of sulfonamides is 1. The lowest BCUT2D eigenvalue weighted by molar-refractivity contribution is -0.385. The van der Waals surface area contributed by atoms with Gasteiger partial charge in [0.15, 0.2) is 0 Å². The van der Waals surface area contributed by atoms with E-state index in [0.717, 1.165) is 18.2 Å². The van der Waals surface area contributed by atoms with Gasteiger partial charge in [0.2, 0.25) is 10.0 Å². The number of benzene rings is 1. The fourth-order valence-corrected chi connectivity index (χ4v) is 6.01. The second-order valence-electron chi connectivity index (χ2n) is 7.52. The Balaban J connectivity index is 2.03. The topological polar surface area (TPSA) is 99.9 Å². The summed E-state index contributed by atoms with van der Waals surface area (Å²) in [4.78, 5) is 18.9. The summed E-state index contributed by atoms with van der Waals surface area (Å²) >= 11 is 3.41. The monoisotopic (exact) mass is 535 g/mol. The van der Waals surface area contributed by atoms with Gasteiger partial charge in [-0.05, 0) is 18.6 Å². The number of rotatable bonds is 9. The summed E-state index contributed by atoms with van der Waals surface area (Å²) in [6.45, 7) is 4.52. The van der Waals surface area contributed by atoms with Crippen molar-refractivity contribution in [2.45, 2.75) is 18.2 Å². The lowest BCUT2D eigenvalue weighted by Gasteiger charge is -2.36. The molecule has 0 aliphatic carbocycles. The number of non-ortho nitro benzene ring substituents is 1. The number of piperazine rings is 1. The maximum absolute atomic E-state index is 13.8. The molecule has 3 rings (SSSR count). The highest BCUT2D eigenvalue weighted by Crippen LogP contribution is 2.36. The van der Waals surface area contributed by atoms with Crippen molar-refractivity contribution in [2.24, 2.45) is 0 Å². The Morgan fingerprint density at radius 1 is 1.27 bits per heavy atom. The summed E-state index contributed by atoms with van der Waals surface area (Å²) in [5.74, 6) is 2.47. The Hall–Kier alpha value is -2.68. The molecule has 1 aromatic heterocycles. The zero-order valence-electron chi connectivity index (χ0n) is 18.4. The fourth-order valence-electron chi connectivity index (χ4n) is 3.91. The number of pyridine rings is 1. The smallest absolute Gasteiger partial charge is 0.272 e. The van der Waals surface area contributed by atoms with Crippen molar-refractivity contribution in [2.75, 3.05) is 54.4 Å². The molecule has 176 valence electrons. The molecule has 1 fully saturated rings. The van der Waals surface area contributed by atoms with Crippen LogP contribution in [0.3, 0.4) is 0 Å². The van der Waals surface area contributed by atoms with Crippen LogP contribution in [0.4, 0.5) is 17.1 Å². The summed E-state index contributed by atoms with van der Waals surface area (Å²) in [7, 11) is -4.03. The average Bonchev–Trinajstić information content (AvgIpc) is 2.83. The minimum Gasteiger partial charge on any atom is -0.369 e. The van der Waals surface area contributed by atoms with Gasteiger partial charge in [-0.15, -0.1) is 6.42 Å². The standard InChI is InChI=1S/C22H26BrN5O4S/c1-3-9-26(10-7-23)22-18(4-2)15-20(28(29)30)16-21(22)33(31,32)27-13-11-25(12-14-27)19-6-5-8-24-17-19/h2,5-6,8,15-17H,3,7,9-14H2,1H3. The first-order chi connectivity index (χ1) is 15.8. The van der Waals surface area contributed by atoms with Gasteiger partial charge in [-0.2, -0.15) is 4.31 Å². The lowest BCUT2D eigenvalue weighted by Crippen LogP contribution is -2.49. The van der Waals surface area contributed by atoms with Crippen LogP contribution in [-0.4, -0.2) is 67.2 Å². The number of nitrogens with zero attached hydrogens (tertiary/aromatic N) is 5. The fraction of sp³-hybridized carbons (Fsp3) is 0.409. The van der Waals surface area contributed by atoms with Gasteiger partial charge in [-0.1, -0.05) is 28.8 Å². The maximum Gasteiger partial charge on any atom is 0.272 e. The Kier molecular flexibility index (Phi) is 8.29. The maximum atomic E-state index is 13.8. The number of nitro benzene ring substituents is 1. The molecule has 1 aliphatic heterocycles. The number of alkyl halides is 1. The molecule has 0 radical (unpaired) electrons. The van der Waals surface area contributed by atoms with E-state index in [-0.39, 0.29) is 29.2 Å². The molecule has 0 atom stereocenters. The molecule has 33 heavy (non-hydrogen) atoms. The molecular weight excluding hydrogens is 510 g/mol. The van der Waals surface area contributed by atoms with Gasteiger partial charge < -0.3 is 9.80 Å². The molecule has 1 saturated heterocycles. The molecule has 0 unspecified atom stereocenters. The van der Waals surface area contributed by atoms with Crippen molar-refractivity contribution in [3.63, 3.8) is 0 Å². The average molecular weight is 536 g/mol. The number of hydrogen-bond donors (Lipinski definition) is 0. The van der Waals surface area contributed by atoms with Gasteiger partial charge in [0, 0.05) is 62.9 Å². The molecule has 2 aromatic rings. The van der Waals surface area contributed by atoms with E-state index in [2.05, 4.69) is 31.7 Å².